The Morgan fingerprint density at radius 2 is 0.704 bits per heavy atom. The molecule has 0 N–H and O–H groups in total. The van der Waals surface area contributed by atoms with E-state index in [2.05, 4.69) is 45.1 Å². The molecule has 1 atom stereocenters. The van der Waals surface area contributed by atoms with Crippen molar-refractivity contribution in [3.05, 3.63) is 24.3 Å². The number of allylic oxidation sites excluding steroid dienone is 4. The first-order valence-electron chi connectivity index (χ1n) is 23.3. The third-order valence-electron chi connectivity index (χ3n) is 10.2. The maximum atomic E-state index is 12.7. The molecule has 316 valence electrons. The molecule has 0 radical (unpaired) electrons. The number of esters is 3. The molecule has 0 aliphatic heterocycles. The van der Waals surface area contributed by atoms with Crippen molar-refractivity contribution in [2.24, 2.45) is 0 Å². The van der Waals surface area contributed by atoms with Crippen molar-refractivity contribution >= 4 is 17.9 Å². The number of carbonyl (C=O) groups excluding carboxylic acids is 3. The van der Waals surface area contributed by atoms with Crippen LogP contribution in [0, 0.1) is 0 Å². The Bertz CT molecular complexity index is 880. The summed E-state index contributed by atoms with van der Waals surface area (Å²) >= 11 is 0. The molecule has 0 aliphatic carbocycles. The van der Waals surface area contributed by atoms with Crippen molar-refractivity contribution in [3.63, 3.8) is 0 Å². The molecule has 0 saturated carbocycles. The zero-order valence-electron chi connectivity index (χ0n) is 36.0. The van der Waals surface area contributed by atoms with Crippen LogP contribution in [-0.2, 0) is 28.6 Å². The average Bonchev–Trinajstić information content (AvgIpc) is 3.17. The van der Waals surface area contributed by atoms with Crippen molar-refractivity contribution in [1.29, 1.82) is 0 Å². The zero-order valence-corrected chi connectivity index (χ0v) is 36.0. The summed E-state index contributed by atoms with van der Waals surface area (Å²) in [5, 5.41) is 0. The van der Waals surface area contributed by atoms with E-state index in [4.69, 9.17) is 14.2 Å². The Kier molecular flexibility index (Phi) is 41.9. The van der Waals surface area contributed by atoms with Crippen LogP contribution >= 0.6 is 0 Å². The second kappa shape index (κ2) is 43.6. The highest BCUT2D eigenvalue weighted by molar-refractivity contribution is 5.71. The van der Waals surface area contributed by atoms with E-state index in [1.54, 1.807) is 0 Å². The van der Waals surface area contributed by atoms with Crippen LogP contribution in [0.25, 0.3) is 0 Å². The maximum absolute atomic E-state index is 12.7. The number of rotatable bonds is 42. The van der Waals surface area contributed by atoms with Gasteiger partial charge in [-0.3, -0.25) is 14.4 Å². The molecule has 6 nitrogen and oxygen atoms in total. The van der Waals surface area contributed by atoms with Crippen molar-refractivity contribution in [3.8, 4) is 0 Å². The lowest BCUT2D eigenvalue weighted by Crippen LogP contribution is -2.30. The molecule has 6 heteroatoms. The van der Waals surface area contributed by atoms with Gasteiger partial charge in [0.2, 0.25) is 0 Å². The lowest BCUT2D eigenvalue weighted by atomic mass is 10.0. The Balaban J connectivity index is 4.31. The SMILES string of the molecule is CCC/C=C\C/C=C\CCCCCCCC(=O)OC(COC(=O)CCCCCCCCCC)COC(=O)CCCCCCCCCCCCCCCCC. The molecular weight excluding hydrogens is 673 g/mol. The van der Waals surface area contributed by atoms with Gasteiger partial charge in [0, 0.05) is 19.3 Å². The minimum atomic E-state index is -0.770. The molecule has 0 aromatic heterocycles. The molecule has 0 bridgehead atoms. The molecule has 0 fully saturated rings. The van der Waals surface area contributed by atoms with Gasteiger partial charge in [-0.25, -0.2) is 0 Å². The van der Waals surface area contributed by atoms with Gasteiger partial charge in [-0.05, 0) is 44.9 Å². The molecule has 0 amide bonds. The summed E-state index contributed by atoms with van der Waals surface area (Å²) in [5.41, 5.74) is 0. The molecule has 0 heterocycles. The van der Waals surface area contributed by atoms with E-state index in [1.165, 1.54) is 116 Å². The highest BCUT2D eigenvalue weighted by atomic mass is 16.6. The van der Waals surface area contributed by atoms with Crippen LogP contribution < -0.4 is 0 Å². The number of hydrogen-bond acceptors (Lipinski definition) is 6. The molecule has 1 unspecified atom stereocenters. The lowest BCUT2D eigenvalue weighted by Gasteiger charge is -2.18. The fourth-order valence-electron chi connectivity index (χ4n) is 6.66. The lowest BCUT2D eigenvalue weighted by molar-refractivity contribution is -0.167. The molecule has 54 heavy (non-hydrogen) atoms. The summed E-state index contributed by atoms with van der Waals surface area (Å²) < 4.78 is 16.7. The average molecular weight is 761 g/mol. The van der Waals surface area contributed by atoms with Crippen LogP contribution in [0.4, 0.5) is 0 Å². The van der Waals surface area contributed by atoms with Crippen LogP contribution in [-0.4, -0.2) is 37.2 Å². The zero-order chi connectivity index (χ0) is 39.4. The molecule has 0 aromatic carbocycles. The fraction of sp³-hybridized carbons (Fsp3) is 0.854. The number of carbonyl (C=O) groups is 3. The topological polar surface area (TPSA) is 78.9 Å². The van der Waals surface area contributed by atoms with Gasteiger partial charge in [0.1, 0.15) is 13.2 Å². The summed E-state index contributed by atoms with van der Waals surface area (Å²) in [6.45, 7) is 6.54. The molecule has 0 rings (SSSR count). The van der Waals surface area contributed by atoms with Crippen LogP contribution in [0.15, 0.2) is 24.3 Å². The Morgan fingerprint density at radius 3 is 1.09 bits per heavy atom. The minimum Gasteiger partial charge on any atom is -0.462 e. The molecule has 0 saturated heterocycles. The van der Waals surface area contributed by atoms with Crippen molar-refractivity contribution in [2.45, 2.75) is 252 Å². The van der Waals surface area contributed by atoms with E-state index in [0.717, 1.165) is 89.9 Å². The third kappa shape index (κ3) is 41.1. The summed E-state index contributed by atoms with van der Waals surface area (Å²) in [6.07, 6.45) is 47.3. The number of ether oxygens (including phenoxy) is 3. The summed E-state index contributed by atoms with van der Waals surface area (Å²) in [7, 11) is 0. The van der Waals surface area contributed by atoms with E-state index >= 15 is 0 Å². The number of unbranched alkanes of at least 4 members (excludes halogenated alkanes) is 27. The normalized spacial score (nSPS) is 12.1. The molecule has 0 aliphatic rings. The first-order chi connectivity index (χ1) is 26.5. The molecule has 0 aromatic rings. The van der Waals surface area contributed by atoms with E-state index in [1.807, 2.05) is 0 Å². The van der Waals surface area contributed by atoms with Gasteiger partial charge < -0.3 is 14.2 Å². The van der Waals surface area contributed by atoms with Crippen LogP contribution in [0.5, 0.6) is 0 Å². The molecular formula is C48H88O6. The first-order valence-corrected chi connectivity index (χ1v) is 23.3. The van der Waals surface area contributed by atoms with Crippen molar-refractivity contribution < 1.29 is 28.6 Å². The Labute approximate surface area is 334 Å². The van der Waals surface area contributed by atoms with Gasteiger partial charge in [0.15, 0.2) is 6.10 Å². The Hall–Kier alpha value is -2.11. The highest BCUT2D eigenvalue weighted by Gasteiger charge is 2.19. The van der Waals surface area contributed by atoms with Gasteiger partial charge in [-0.1, -0.05) is 206 Å². The fourth-order valence-corrected chi connectivity index (χ4v) is 6.66. The van der Waals surface area contributed by atoms with E-state index in [9.17, 15) is 14.4 Å². The third-order valence-corrected chi connectivity index (χ3v) is 10.2. The minimum absolute atomic E-state index is 0.0731. The largest absolute Gasteiger partial charge is 0.462 e. The quantitative estimate of drug-likeness (QED) is 0.0267. The second-order valence-electron chi connectivity index (χ2n) is 15.7. The smallest absolute Gasteiger partial charge is 0.306 e. The summed E-state index contributed by atoms with van der Waals surface area (Å²) in [6, 6.07) is 0. The number of hydrogen-bond donors (Lipinski definition) is 0. The van der Waals surface area contributed by atoms with Crippen LogP contribution in [0.2, 0.25) is 0 Å². The summed E-state index contributed by atoms with van der Waals surface area (Å²) in [4.78, 5) is 37.7. The van der Waals surface area contributed by atoms with Gasteiger partial charge >= 0.3 is 17.9 Å². The van der Waals surface area contributed by atoms with Crippen LogP contribution in [0.3, 0.4) is 0 Å². The maximum Gasteiger partial charge on any atom is 0.306 e. The van der Waals surface area contributed by atoms with Gasteiger partial charge in [0.25, 0.3) is 0 Å². The molecule has 0 spiro atoms. The highest BCUT2D eigenvalue weighted by Crippen LogP contribution is 2.15. The van der Waals surface area contributed by atoms with Crippen molar-refractivity contribution in [1.82, 2.24) is 0 Å². The van der Waals surface area contributed by atoms with Crippen molar-refractivity contribution in [2.75, 3.05) is 13.2 Å². The first kappa shape index (κ1) is 51.9. The van der Waals surface area contributed by atoms with Gasteiger partial charge in [-0.2, -0.15) is 0 Å². The van der Waals surface area contributed by atoms with E-state index in [0.29, 0.717) is 19.3 Å². The van der Waals surface area contributed by atoms with Gasteiger partial charge in [-0.15, -0.1) is 0 Å². The predicted octanol–water partition coefficient (Wildman–Crippen LogP) is 14.8. The van der Waals surface area contributed by atoms with E-state index < -0.39 is 6.10 Å². The van der Waals surface area contributed by atoms with Crippen LogP contribution in [0.1, 0.15) is 245 Å². The van der Waals surface area contributed by atoms with Gasteiger partial charge in [0.05, 0.1) is 0 Å². The second-order valence-corrected chi connectivity index (χ2v) is 15.7. The standard InChI is InChI=1S/C48H88O6/c1-4-7-10-13-16-19-21-23-24-26-27-29-32-35-38-41-47(50)53-44-45(43-52-46(49)40-37-34-31-18-15-12-9-6-3)54-48(51)42-39-36-33-30-28-25-22-20-17-14-11-8-5-2/h11,14,20,22,45H,4-10,12-13,15-19,21,23-44H2,1-3H3/b14-11-,22-20-. The Morgan fingerprint density at radius 1 is 0.370 bits per heavy atom. The summed E-state index contributed by atoms with van der Waals surface area (Å²) in [5.74, 6) is -0.885. The monoisotopic (exact) mass is 761 g/mol. The van der Waals surface area contributed by atoms with E-state index in [-0.39, 0.29) is 31.1 Å². The predicted molar refractivity (Wildman–Crippen MR) is 229 cm³/mol.